The summed E-state index contributed by atoms with van der Waals surface area (Å²) in [6, 6.07) is 9.80. The van der Waals surface area contributed by atoms with Crippen molar-refractivity contribution < 1.29 is 9.53 Å². The highest BCUT2D eigenvalue weighted by Crippen LogP contribution is 2.47. The molecule has 2 rings (SSSR count). The summed E-state index contributed by atoms with van der Waals surface area (Å²) < 4.78 is 5.17. The molecule has 0 unspecified atom stereocenters. The van der Waals surface area contributed by atoms with Gasteiger partial charge >= 0.3 is 0 Å². The van der Waals surface area contributed by atoms with Crippen LogP contribution in [0.2, 0.25) is 0 Å². The molecule has 1 fully saturated rings. The van der Waals surface area contributed by atoms with E-state index >= 15 is 0 Å². The monoisotopic (exact) mass is 286 g/mol. The molecule has 1 saturated carbocycles. The van der Waals surface area contributed by atoms with E-state index in [1.165, 1.54) is 0 Å². The standard InChI is InChI=1S/C17H22N2O2/c1-16(2,12-21-4)19(3)15(20)13-5-7-14(8-6-13)17(11-18)9-10-17/h5-8H,9-10,12H2,1-4H3. The zero-order valence-electron chi connectivity index (χ0n) is 13.1. The Morgan fingerprint density at radius 3 is 2.38 bits per heavy atom. The zero-order valence-corrected chi connectivity index (χ0v) is 13.1. The first kappa shape index (κ1) is 15.5. The lowest BCUT2D eigenvalue weighted by molar-refractivity contribution is 0.0366. The molecule has 21 heavy (non-hydrogen) atoms. The molecule has 0 saturated heterocycles. The summed E-state index contributed by atoms with van der Waals surface area (Å²) in [5, 5.41) is 9.20. The molecule has 0 heterocycles. The molecule has 1 amide bonds. The van der Waals surface area contributed by atoms with Gasteiger partial charge < -0.3 is 9.64 Å². The van der Waals surface area contributed by atoms with Gasteiger partial charge in [-0.3, -0.25) is 4.79 Å². The van der Waals surface area contributed by atoms with E-state index in [1.54, 1.807) is 19.1 Å². The Morgan fingerprint density at radius 1 is 1.38 bits per heavy atom. The number of benzene rings is 1. The van der Waals surface area contributed by atoms with Gasteiger partial charge in [0.15, 0.2) is 0 Å². The van der Waals surface area contributed by atoms with Gasteiger partial charge in [-0.1, -0.05) is 12.1 Å². The predicted molar refractivity (Wildman–Crippen MR) is 81.0 cm³/mol. The summed E-state index contributed by atoms with van der Waals surface area (Å²) in [6.45, 7) is 4.42. The number of methoxy groups -OCH3 is 1. The van der Waals surface area contributed by atoms with Crippen molar-refractivity contribution in [3.05, 3.63) is 35.4 Å². The minimum atomic E-state index is -0.366. The molecule has 0 spiro atoms. The van der Waals surface area contributed by atoms with Gasteiger partial charge in [-0.05, 0) is 44.4 Å². The van der Waals surface area contributed by atoms with Crippen molar-refractivity contribution in [2.24, 2.45) is 0 Å². The highest BCUT2D eigenvalue weighted by molar-refractivity contribution is 5.94. The van der Waals surface area contributed by atoms with E-state index in [1.807, 2.05) is 38.1 Å². The normalized spacial score (nSPS) is 16.1. The molecule has 0 radical (unpaired) electrons. The van der Waals surface area contributed by atoms with Gasteiger partial charge in [0.05, 0.1) is 23.6 Å². The van der Waals surface area contributed by atoms with Crippen molar-refractivity contribution in [2.45, 2.75) is 37.6 Å². The Morgan fingerprint density at radius 2 is 1.95 bits per heavy atom. The third-order valence-electron chi connectivity index (χ3n) is 4.36. The third-order valence-corrected chi connectivity index (χ3v) is 4.36. The van der Waals surface area contributed by atoms with Crippen molar-refractivity contribution in [3.63, 3.8) is 0 Å². The Balaban J connectivity index is 2.16. The molecule has 1 aliphatic rings. The number of rotatable bonds is 5. The summed E-state index contributed by atoms with van der Waals surface area (Å²) in [5.41, 5.74) is 0.983. The molecule has 4 nitrogen and oxygen atoms in total. The fraction of sp³-hybridized carbons (Fsp3) is 0.529. The SMILES string of the molecule is COCC(C)(C)N(C)C(=O)c1ccc(C2(C#N)CC2)cc1. The van der Waals surface area contributed by atoms with E-state index in [0.717, 1.165) is 18.4 Å². The molecule has 0 bridgehead atoms. The topological polar surface area (TPSA) is 53.3 Å². The fourth-order valence-electron chi connectivity index (χ4n) is 2.44. The number of ether oxygens (including phenoxy) is 1. The van der Waals surface area contributed by atoms with Crippen molar-refractivity contribution in [2.75, 3.05) is 20.8 Å². The summed E-state index contributed by atoms with van der Waals surface area (Å²) >= 11 is 0. The predicted octanol–water partition coefficient (Wildman–Crippen LogP) is 2.74. The molecule has 1 aliphatic carbocycles. The number of hydrogen-bond acceptors (Lipinski definition) is 3. The van der Waals surface area contributed by atoms with Crippen LogP contribution in [0.5, 0.6) is 0 Å². The minimum Gasteiger partial charge on any atom is -0.382 e. The average molecular weight is 286 g/mol. The highest BCUT2D eigenvalue weighted by atomic mass is 16.5. The van der Waals surface area contributed by atoms with E-state index < -0.39 is 0 Å². The first-order valence-electron chi connectivity index (χ1n) is 7.15. The second kappa shape index (κ2) is 5.50. The van der Waals surface area contributed by atoms with Gasteiger partial charge in [0, 0.05) is 19.7 Å². The molecular weight excluding hydrogens is 264 g/mol. The molecule has 4 heteroatoms. The van der Waals surface area contributed by atoms with Gasteiger partial charge in [-0.15, -0.1) is 0 Å². The van der Waals surface area contributed by atoms with Crippen LogP contribution in [0, 0.1) is 11.3 Å². The highest BCUT2D eigenvalue weighted by Gasteiger charge is 2.44. The first-order valence-corrected chi connectivity index (χ1v) is 7.15. The quantitative estimate of drug-likeness (QED) is 0.836. The van der Waals surface area contributed by atoms with Crippen molar-refractivity contribution in [3.8, 4) is 6.07 Å². The number of nitrogens with zero attached hydrogens (tertiary/aromatic N) is 2. The molecule has 0 aromatic heterocycles. The maximum atomic E-state index is 12.5. The van der Waals surface area contributed by atoms with Gasteiger partial charge in [0.25, 0.3) is 5.91 Å². The van der Waals surface area contributed by atoms with Crippen LogP contribution in [0.3, 0.4) is 0 Å². The molecule has 0 aliphatic heterocycles. The Hall–Kier alpha value is -1.86. The largest absolute Gasteiger partial charge is 0.382 e. The zero-order chi connectivity index (χ0) is 15.7. The van der Waals surface area contributed by atoms with Crippen LogP contribution in [-0.2, 0) is 10.2 Å². The van der Waals surface area contributed by atoms with Crippen molar-refractivity contribution in [1.82, 2.24) is 4.90 Å². The Labute approximate surface area is 126 Å². The van der Waals surface area contributed by atoms with Crippen LogP contribution >= 0.6 is 0 Å². The smallest absolute Gasteiger partial charge is 0.254 e. The second-order valence-electron chi connectivity index (χ2n) is 6.38. The number of carbonyl (C=O) groups is 1. The van der Waals surface area contributed by atoms with Crippen LogP contribution in [0.4, 0.5) is 0 Å². The van der Waals surface area contributed by atoms with Crippen LogP contribution in [0.25, 0.3) is 0 Å². The summed E-state index contributed by atoms with van der Waals surface area (Å²) in [4.78, 5) is 14.2. The van der Waals surface area contributed by atoms with E-state index in [9.17, 15) is 10.1 Å². The van der Waals surface area contributed by atoms with E-state index in [2.05, 4.69) is 6.07 Å². The maximum Gasteiger partial charge on any atom is 0.254 e. The average Bonchev–Trinajstić information content (AvgIpc) is 3.27. The van der Waals surface area contributed by atoms with Crippen LogP contribution < -0.4 is 0 Å². The van der Waals surface area contributed by atoms with E-state index in [0.29, 0.717) is 12.2 Å². The van der Waals surface area contributed by atoms with Crippen LogP contribution in [0.1, 0.15) is 42.6 Å². The van der Waals surface area contributed by atoms with Gasteiger partial charge in [-0.25, -0.2) is 0 Å². The third kappa shape index (κ3) is 2.93. The lowest BCUT2D eigenvalue weighted by atomic mass is 9.96. The molecule has 0 N–H and O–H groups in total. The number of amides is 1. The molecule has 1 aromatic carbocycles. The Bertz CT molecular complexity index is 565. The lowest BCUT2D eigenvalue weighted by Crippen LogP contribution is -2.48. The Kier molecular flexibility index (Phi) is 4.06. The fourth-order valence-corrected chi connectivity index (χ4v) is 2.44. The number of nitriles is 1. The van der Waals surface area contributed by atoms with Gasteiger partial charge in [0.2, 0.25) is 0 Å². The first-order chi connectivity index (χ1) is 9.86. The molecule has 112 valence electrons. The molecular formula is C17H22N2O2. The van der Waals surface area contributed by atoms with Crippen molar-refractivity contribution in [1.29, 1.82) is 5.26 Å². The number of hydrogen-bond donors (Lipinski definition) is 0. The summed E-state index contributed by atoms with van der Waals surface area (Å²) in [5.74, 6) is -0.0367. The minimum absolute atomic E-state index is 0.0367. The van der Waals surface area contributed by atoms with Gasteiger partial charge in [-0.2, -0.15) is 5.26 Å². The summed E-state index contributed by atoms with van der Waals surface area (Å²) in [6.07, 6.45) is 1.83. The van der Waals surface area contributed by atoms with Crippen LogP contribution in [-0.4, -0.2) is 37.1 Å². The second-order valence-corrected chi connectivity index (χ2v) is 6.38. The molecule has 1 aromatic rings. The van der Waals surface area contributed by atoms with Gasteiger partial charge in [0.1, 0.15) is 0 Å². The summed E-state index contributed by atoms with van der Waals surface area (Å²) in [7, 11) is 3.42. The van der Waals surface area contributed by atoms with Crippen LogP contribution in [0.15, 0.2) is 24.3 Å². The van der Waals surface area contributed by atoms with Crippen molar-refractivity contribution >= 4 is 5.91 Å². The number of carbonyl (C=O) groups excluding carboxylic acids is 1. The van der Waals surface area contributed by atoms with E-state index in [-0.39, 0.29) is 16.9 Å². The van der Waals surface area contributed by atoms with E-state index in [4.69, 9.17) is 4.74 Å². The number of likely N-dealkylation sites (N-methyl/N-ethyl adjacent to an activating group) is 1. The molecule has 0 atom stereocenters. The maximum absolute atomic E-state index is 12.5. The lowest BCUT2D eigenvalue weighted by Gasteiger charge is -2.35.